The van der Waals surface area contributed by atoms with E-state index in [9.17, 15) is 0 Å². The Bertz CT molecular complexity index is 584. The van der Waals surface area contributed by atoms with Crippen molar-refractivity contribution in [3.05, 3.63) is 30.0 Å². The zero-order valence-corrected chi connectivity index (χ0v) is 13.0. The molecule has 3 N–H and O–H groups in total. The van der Waals surface area contributed by atoms with Crippen molar-refractivity contribution in [1.82, 2.24) is 4.98 Å². The van der Waals surface area contributed by atoms with Gasteiger partial charge in [-0.1, -0.05) is 12.8 Å². The van der Waals surface area contributed by atoms with Crippen LogP contribution in [0.4, 0.5) is 5.69 Å². The van der Waals surface area contributed by atoms with Gasteiger partial charge in [0.2, 0.25) is 0 Å². The lowest BCUT2D eigenvalue weighted by atomic mass is 10.1. The quantitative estimate of drug-likeness (QED) is 0.730. The molecule has 114 valence electrons. The fraction of sp³-hybridized carbons (Fsp3) is 0.471. The van der Waals surface area contributed by atoms with E-state index < -0.39 is 0 Å². The zero-order valence-electron chi connectivity index (χ0n) is 13.0. The van der Waals surface area contributed by atoms with Crippen LogP contribution in [-0.2, 0) is 0 Å². The van der Waals surface area contributed by atoms with Crippen LogP contribution in [0.25, 0.3) is 10.9 Å². The van der Waals surface area contributed by atoms with Gasteiger partial charge in [0.15, 0.2) is 0 Å². The van der Waals surface area contributed by atoms with E-state index in [1.54, 1.807) is 7.11 Å². The normalized spacial score (nSPS) is 10.8. The largest absolute Gasteiger partial charge is 0.497 e. The van der Waals surface area contributed by atoms with Gasteiger partial charge >= 0.3 is 0 Å². The van der Waals surface area contributed by atoms with Gasteiger partial charge in [-0.15, -0.1) is 0 Å². The predicted molar refractivity (Wildman–Crippen MR) is 89.0 cm³/mol. The maximum atomic E-state index is 5.50. The van der Waals surface area contributed by atoms with Crippen LogP contribution in [-0.4, -0.2) is 25.2 Å². The molecule has 4 nitrogen and oxygen atoms in total. The number of methoxy groups -OCH3 is 1. The van der Waals surface area contributed by atoms with Gasteiger partial charge in [0.1, 0.15) is 5.75 Å². The molecule has 0 unspecified atom stereocenters. The molecule has 0 aliphatic heterocycles. The maximum absolute atomic E-state index is 5.50. The van der Waals surface area contributed by atoms with Crippen molar-refractivity contribution in [3.8, 4) is 5.75 Å². The van der Waals surface area contributed by atoms with Gasteiger partial charge in [-0.3, -0.25) is 4.98 Å². The molecule has 0 aliphatic carbocycles. The van der Waals surface area contributed by atoms with Crippen molar-refractivity contribution in [2.24, 2.45) is 5.73 Å². The highest BCUT2D eigenvalue weighted by molar-refractivity contribution is 5.93. The SMILES string of the molecule is COc1cc(NCCCCCCN)c2nccc(C)c2c1. The molecule has 0 atom stereocenters. The van der Waals surface area contributed by atoms with Gasteiger partial charge in [-0.2, -0.15) is 0 Å². The van der Waals surface area contributed by atoms with E-state index in [0.29, 0.717) is 0 Å². The van der Waals surface area contributed by atoms with E-state index in [4.69, 9.17) is 10.5 Å². The van der Waals surface area contributed by atoms with Crippen LogP contribution in [0, 0.1) is 6.92 Å². The lowest BCUT2D eigenvalue weighted by Crippen LogP contribution is -2.04. The maximum Gasteiger partial charge on any atom is 0.121 e. The number of anilines is 1. The van der Waals surface area contributed by atoms with Crippen molar-refractivity contribution in [2.75, 3.05) is 25.5 Å². The van der Waals surface area contributed by atoms with E-state index in [0.717, 1.165) is 48.3 Å². The summed E-state index contributed by atoms with van der Waals surface area (Å²) >= 11 is 0. The fourth-order valence-corrected chi connectivity index (χ4v) is 2.46. The first-order chi connectivity index (χ1) is 10.3. The van der Waals surface area contributed by atoms with Crippen LogP contribution < -0.4 is 15.8 Å². The minimum atomic E-state index is 0.789. The van der Waals surface area contributed by atoms with Crippen LogP contribution in [0.3, 0.4) is 0 Å². The number of hydrogen-bond donors (Lipinski definition) is 2. The first-order valence-corrected chi connectivity index (χ1v) is 7.63. The summed E-state index contributed by atoms with van der Waals surface area (Å²) in [6.07, 6.45) is 6.52. The monoisotopic (exact) mass is 287 g/mol. The molecule has 0 radical (unpaired) electrons. The van der Waals surface area contributed by atoms with Crippen LogP contribution in [0.5, 0.6) is 5.75 Å². The zero-order chi connectivity index (χ0) is 15.1. The summed E-state index contributed by atoms with van der Waals surface area (Å²) in [5.74, 6) is 0.865. The Morgan fingerprint density at radius 3 is 2.76 bits per heavy atom. The van der Waals surface area contributed by atoms with E-state index in [-0.39, 0.29) is 0 Å². The molecule has 0 bridgehead atoms. The molecule has 0 fully saturated rings. The van der Waals surface area contributed by atoms with Crippen molar-refractivity contribution in [1.29, 1.82) is 0 Å². The highest BCUT2D eigenvalue weighted by Crippen LogP contribution is 2.29. The summed E-state index contributed by atoms with van der Waals surface area (Å²) < 4.78 is 5.40. The third kappa shape index (κ3) is 4.08. The Hall–Kier alpha value is -1.81. The number of nitrogens with zero attached hydrogens (tertiary/aromatic N) is 1. The molecule has 0 saturated carbocycles. The molecule has 21 heavy (non-hydrogen) atoms. The Morgan fingerprint density at radius 2 is 2.00 bits per heavy atom. The molecule has 2 aromatic rings. The van der Waals surface area contributed by atoms with Crippen LogP contribution in [0.1, 0.15) is 31.2 Å². The number of benzene rings is 1. The molecular formula is C17H25N3O. The Balaban J connectivity index is 2.09. The van der Waals surface area contributed by atoms with Gasteiger partial charge in [0.25, 0.3) is 0 Å². The van der Waals surface area contributed by atoms with Crippen molar-refractivity contribution in [3.63, 3.8) is 0 Å². The topological polar surface area (TPSA) is 60.2 Å². The number of ether oxygens (including phenoxy) is 1. The highest BCUT2D eigenvalue weighted by atomic mass is 16.5. The predicted octanol–water partition coefficient (Wildman–Crippen LogP) is 3.48. The van der Waals surface area contributed by atoms with Gasteiger partial charge in [0.05, 0.1) is 18.3 Å². The third-order valence-electron chi connectivity index (χ3n) is 3.72. The van der Waals surface area contributed by atoms with Gasteiger partial charge < -0.3 is 15.8 Å². The van der Waals surface area contributed by atoms with Crippen molar-refractivity contribution in [2.45, 2.75) is 32.6 Å². The number of aryl methyl sites for hydroxylation is 1. The Kier molecular flexibility index (Phi) is 5.81. The summed E-state index contributed by atoms with van der Waals surface area (Å²) in [4.78, 5) is 4.51. The second-order valence-corrected chi connectivity index (χ2v) is 5.33. The average molecular weight is 287 g/mol. The summed E-state index contributed by atoms with van der Waals surface area (Å²) in [6, 6.07) is 6.09. The highest BCUT2D eigenvalue weighted by Gasteiger charge is 2.07. The molecule has 1 aromatic carbocycles. The molecule has 1 aromatic heterocycles. The average Bonchev–Trinajstić information content (AvgIpc) is 2.51. The molecule has 1 heterocycles. The van der Waals surface area contributed by atoms with Gasteiger partial charge in [0, 0.05) is 24.2 Å². The van der Waals surface area contributed by atoms with E-state index in [2.05, 4.69) is 17.2 Å². The number of fused-ring (bicyclic) bond motifs is 1. The van der Waals surface area contributed by atoms with E-state index >= 15 is 0 Å². The molecule has 0 aliphatic rings. The number of nitrogens with one attached hydrogen (secondary N) is 1. The van der Waals surface area contributed by atoms with Crippen molar-refractivity contribution >= 4 is 16.6 Å². The number of aromatic nitrogens is 1. The summed E-state index contributed by atoms with van der Waals surface area (Å²) in [7, 11) is 1.70. The number of rotatable bonds is 8. The second-order valence-electron chi connectivity index (χ2n) is 5.33. The minimum Gasteiger partial charge on any atom is -0.497 e. The van der Waals surface area contributed by atoms with Crippen LogP contribution in [0.2, 0.25) is 0 Å². The van der Waals surface area contributed by atoms with E-state index in [1.165, 1.54) is 18.4 Å². The molecule has 2 rings (SSSR count). The molecular weight excluding hydrogens is 262 g/mol. The van der Waals surface area contributed by atoms with Gasteiger partial charge in [-0.25, -0.2) is 0 Å². The lowest BCUT2D eigenvalue weighted by Gasteiger charge is -2.12. The Labute approximate surface area is 126 Å². The standard InChI is InChI=1S/C17H25N3O/c1-13-7-10-20-17-15(13)11-14(21-2)12-16(17)19-9-6-4-3-5-8-18/h7,10-12,19H,3-6,8-9,18H2,1-2H3. The molecule has 0 saturated heterocycles. The summed E-state index contributed by atoms with van der Waals surface area (Å²) in [5, 5.41) is 4.63. The lowest BCUT2D eigenvalue weighted by molar-refractivity contribution is 0.415. The minimum absolute atomic E-state index is 0.789. The number of unbranched alkanes of at least 4 members (excludes halogenated alkanes) is 3. The van der Waals surface area contributed by atoms with Crippen LogP contribution >= 0.6 is 0 Å². The third-order valence-corrected chi connectivity index (χ3v) is 3.72. The Morgan fingerprint density at radius 1 is 1.19 bits per heavy atom. The molecule has 0 spiro atoms. The number of pyridine rings is 1. The second kappa shape index (κ2) is 7.84. The summed E-state index contributed by atoms with van der Waals surface area (Å²) in [6.45, 7) is 3.83. The van der Waals surface area contributed by atoms with Crippen molar-refractivity contribution < 1.29 is 4.74 Å². The van der Waals surface area contributed by atoms with Crippen LogP contribution in [0.15, 0.2) is 24.4 Å². The first-order valence-electron chi connectivity index (χ1n) is 7.63. The first kappa shape index (κ1) is 15.6. The number of hydrogen-bond acceptors (Lipinski definition) is 4. The number of nitrogens with two attached hydrogens (primary N) is 1. The molecule has 4 heteroatoms. The molecule has 0 amide bonds. The fourth-order valence-electron chi connectivity index (χ4n) is 2.46. The summed E-state index contributed by atoms with van der Waals surface area (Å²) in [5.41, 5.74) is 8.78. The smallest absolute Gasteiger partial charge is 0.121 e. The van der Waals surface area contributed by atoms with E-state index in [1.807, 2.05) is 24.4 Å². The van der Waals surface area contributed by atoms with Gasteiger partial charge in [-0.05, 0) is 44.0 Å².